The number of fused-ring (bicyclic) bond motifs is 2. The molecular formula is C25H20N4O3S. The van der Waals surface area contributed by atoms with Crippen LogP contribution in [0.3, 0.4) is 0 Å². The Morgan fingerprint density at radius 3 is 2.70 bits per heavy atom. The standard InChI is InChI=1S/C25H20N4O3S/c1-16-6-11-20-22(12-16)33-25(28-20)17-7-9-18(10-8-17)27-23(30)14-32-24(31)13-29-15-26-19-4-2-3-5-21(19)29/h2-12,15H,13-14H2,1H3,(H,27,30). The van der Waals surface area contributed by atoms with E-state index in [0.29, 0.717) is 5.69 Å². The quantitative estimate of drug-likeness (QED) is 0.371. The van der Waals surface area contributed by atoms with Gasteiger partial charge in [0.2, 0.25) is 0 Å². The van der Waals surface area contributed by atoms with Crippen LogP contribution in [0, 0.1) is 6.92 Å². The normalized spacial score (nSPS) is 11.1. The summed E-state index contributed by atoms with van der Waals surface area (Å²) in [6, 6.07) is 21.2. The van der Waals surface area contributed by atoms with E-state index in [1.807, 2.05) is 54.6 Å². The third-order valence-corrected chi connectivity index (χ3v) is 6.22. The number of anilines is 1. The number of hydrogen-bond acceptors (Lipinski definition) is 6. The van der Waals surface area contributed by atoms with Crippen LogP contribution in [0.1, 0.15) is 5.56 Å². The third-order valence-electron chi connectivity index (χ3n) is 5.15. The number of aromatic nitrogens is 3. The number of nitrogens with zero attached hydrogens (tertiary/aromatic N) is 3. The number of esters is 1. The third kappa shape index (κ3) is 4.61. The van der Waals surface area contributed by atoms with E-state index in [-0.39, 0.29) is 13.2 Å². The van der Waals surface area contributed by atoms with Crippen LogP contribution in [-0.2, 0) is 20.9 Å². The molecule has 0 aliphatic heterocycles. The SMILES string of the molecule is Cc1ccc2nc(-c3ccc(NC(=O)COC(=O)Cn4cnc5ccccc54)cc3)sc2c1. The fourth-order valence-corrected chi connectivity index (χ4v) is 4.58. The summed E-state index contributed by atoms with van der Waals surface area (Å²) in [5, 5.41) is 3.67. The molecule has 3 aromatic carbocycles. The summed E-state index contributed by atoms with van der Waals surface area (Å²) in [6.07, 6.45) is 1.58. The number of ether oxygens (including phenoxy) is 1. The molecule has 0 atom stereocenters. The van der Waals surface area contributed by atoms with Crippen LogP contribution in [0.25, 0.3) is 31.8 Å². The van der Waals surface area contributed by atoms with Gasteiger partial charge in [0.25, 0.3) is 5.91 Å². The first-order valence-electron chi connectivity index (χ1n) is 10.4. The van der Waals surface area contributed by atoms with Crippen molar-refractivity contribution in [2.45, 2.75) is 13.5 Å². The number of para-hydroxylation sites is 2. The highest BCUT2D eigenvalue weighted by atomic mass is 32.1. The molecule has 8 heteroatoms. The maximum Gasteiger partial charge on any atom is 0.326 e. The highest BCUT2D eigenvalue weighted by Gasteiger charge is 2.12. The van der Waals surface area contributed by atoms with Gasteiger partial charge in [-0.2, -0.15) is 0 Å². The first-order chi connectivity index (χ1) is 16.0. The second kappa shape index (κ2) is 8.84. The summed E-state index contributed by atoms with van der Waals surface area (Å²) in [7, 11) is 0. The highest BCUT2D eigenvalue weighted by Crippen LogP contribution is 2.31. The van der Waals surface area contributed by atoms with Gasteiger partial charge >= 0.3 is 5.97 Å². The molecule has 7 nitrogen and oxygen atoms in total. The van der Waals surface area contributed by atoms with Gasteiger partial charge in [-0.15, -0.1) is 11.3 Å². The van der Waals surface area contributed by atoms with Gasteiger partial charge in [0.15, 0.2) is 6.61 Å². The smallest absolute Gasteiger partial charge is 0.326 e. The van der Waals surface area contributed by atoms with Crippen molar-refractivity contribution >= 4 is 50.2 Å². The molecule has 5 rings (SSSR count). The van der Waals surface area contributed by atoms with Crippen LogP contribution < -0.4 is 5.32 Å². The predicted octanol–water partition coefficient (Wildman–Crippen LogP) is 4.80. The molecule has 0 aliphatic rings. The van der Waals surface area contributed by atoms with Crippen molar-refractivity contribution in [1.82, 2.24) is 14.5 Å². The van der Waals surface area contributed by atoms with Gasteiger partial charge in [0, 0.05) is 11.3 Å². The van der Waals surface area contributed by atoms with Crippen molar-refractivity contribution in [1.29, 1.82) is 0 Å². The summed E-state index contributed by atoms with van der Waals surface area (Å²) >= 11 is 1.64. The van der Waals surface area contributed by atoms with E-state index < -0.39 is 11.9 Å². The Bertz CT molecular complexity index is 1470. The Hall–Kier alpha value is -4.04. The second-order valence-electron chi connectivity index (χ2n) is 7.64. The molecule has 0 fully saturated rings. The second-order valence-corrected chi connectivity index (χ2v) is 8.67. The summed E-state index contributed by atoms with van der Waals surface area (Å²) in [5.74, 6) is -0.906. The molecule has 0 aliphatic carbocycles. The number of thiazole rings is 1. The summed E-state index contributed by atoms with van der Waals surface area (Å²) < 4.78 is 7.96. The van der Waals surface area contributed by atoms with E-state index in [1.165, 1.54) is 5.56 Å². The number of nitrogens with one attached hydrogen (secondary N) is 1. The summed E-state index contributed by atoms with van der Waals surface area (Å²) in [5.41, 5.74) is 5.41. The molecule has 0 saturated heterocycles. The Kier molecular flexibility index (Phi) is 5.58. The van der Waals surface area contributed by atoms with Crippen molar-refractivity contribution in [2.24, 2.45) is 0 Å². The van der Waals surface area contributed by atoms with Gasteiger partial charge in [-0.25, -0.2) is 9.97 Å². The van der Waals surface area contributed by atoms with E-state index in [4.69, 9.17) is 4.74 Å². The van der Waals surface area contributed by atoms with Gasteiger partial charge < -0.3 is 14.6 Å². The molecule has 0 saturated carbocycles. The molecule has 2 heterocycles. The zero-order valence-corrected chi connectivity index (χ0v) is 18.6. The van der Waals surface area contributed by atoms with Crippen LogP contribution in [-0.4, -0.2) is 33.0 Å². The molecule has 0 bridgehead atoms. The molecule has 33 heavy (non-hydrogen) atoms. The molecule has 0 unspecified atom stereocenters. The molecule has 5 aromatic rings. The van der Waals surface area contributed by atoms with Gasteiger partial charge in [-0.1, -0.05) is 18.2 Å². The van der Waals surface area contributed by atoms with Gasteiger partial charge in [0.1, 0.15) is 11.6 Å². The summed E-state index contributed by atoms with van der Waals surface area (Å²) in [4.78, 5) is 33.3. The molecule has 0 spiro atoms. The number of carbonyl (C=O) groups excluding carboxylic acids is 2. The van der Waals surface area contributed by atoms with E-state index in [1.54, 1.807) is 22.2 Å². The topological polar surface area (TPSA) is 86.1 Å². The Morgan fingerprint density at radius 1 is 1.03 bits per heavy atom. The number of amides is 1. The fourth-order valence-electron chi connectivity index (χ4n) is 3.52. The molecule has 0 radical (unpaired) electrons. The molecule has 1 amide bonds. The van der Waals surface area contributed by atoms with Crippen molar-refractivity contribution in [3.63, 3.8) is 0 Å². The van der Waals surface area contributed by atoms with Crippen LogP contribution in [0.2, 0.25) is 0 Å². The highest BCUT2D eigenvalue weighted by molar-refractivity contribution is 7.21. The van der Waals surface area contributed by atoms with Crippen LogP contribution in [0.5, 0.6) is 0 Å². The number of hydrogen-bond donors (Lipinski definition) is 1. The minimum Gasteiger partial charge on any atom is -0.454 e. The maximum atomic E-state index is 12.2. The lowest BCUT2D eigenvalue weighted by molar-refractivity contribution is -0.147. The van der Waals surface area contributed by atoms with Crippen LogP contribution in [0.4, 0.5) is 5.69 Å². The minimum absolute atomic E-state index is 0.00974. The molecular weight excluding hydrogens is 436 g/mol. The number of carbonyl (C=O) groups is 2. The Labute approximate surface area is 193 Å². The number of benzene rings is 3. The van der Waals surface area contributed by atoms with Gasteiger partial charge in [-0.05, 0) is 61.0 Å². The summed E-state index contributed by atoms with van der Waals surface area (Å²) in [6.45, 7) is 1.70. The Balaban J connectivity index is 1.16. The monoisotopic (exact) mass is 456 g/mol. The first kappa shape index (κ1) is 20.8. The van der Waals surface area contributed by atoms with E-state index in [0.717, 1.165) is 31.8 Å². The van der Waals surface area contributed by atoms with Crippen molar-refractivity contribution in [3.05, 3.63) is 78.6 Å². The average molecular weight is 457 g/mol. The maximum absolute atomic E-state index is 12.2. The minimum atomic E-state index is -0.505. The lowest BCUT2D eigenvalue weighted by Gasteiger charge is -2.08. The van der Waals surface area contributed by atoms with Gasteiger partial charge in [0.05, 0.1) is 27.6 Å². The lowest BCUT2D eigenvalue weighted by atomic mass is 10.2. The van der Waals surface area contributed by atoms with Crippen LogP contribution >= 0.6 is 11.3 Å². The zero-order chi connectivity index (χ0) is 22.8. The Morgan fingerprint density at radius 2 is 1.85 bits per heavy atom. The average Bonchev–Trinajstić information content (AvgIpc) is 3.42. The zero-order valence-electron chi connectivity index (χ0n) is 17.8. The number of aryl methyl sites for hydroxylation is 1. The largest absolute Gasteiger partial charge is 0.454 e. The van der Waals surface area contributed by atoms with Crippen molar-refractivity contribution in [2.75, 3.05) is 11.9 Å². The van der Waals surface area contributed by atoms with Crippen LogP contribution in [0.15, 0.2) is 73.1 Å². The van der Waals surface area contributed by atoms with Crippen molar-refractivity contribution in [3.8, 4) is 10.6 Å². The van der Waals surface area contributed by atoms with Gasteiger partial charge in [-0.3, -0.25) is 9.59 Å². The predicted molar refractivity (Wildman–Crippen MR) is 129 cm³/mol. The molecule has 164 valence electrons. The number of rotatable bonds is 6. The fraction of sp³-hybridized carbons (Fsp3) is 0.120. The van der Waals surface area contributed by atoms with Crippen molar-refractivity contribution < 1.29 is 14.3 Å². The van der Waals surface area contributed by atoms with E-state index in [2.05, 4.69) is 34.3 Å². The number of imidazole rings is 1. The van der Waals surface area contributed by atoms with E-state index >= 15 is 0 Å². The van der Waals surface area contributed by atoms with E-state index in [9.17, 15) is 9.59 Å². The first-order valence-corrected chi connectivity index (χ1v) is 11.2. The molecule has 2 aromatic heterocycles. The lowest BCUT2D eigenvalue weighted by Crippen LogP contribution is -2.22. The molecule has 1 N–H and O–H groups in total.